The van der Waals surface area contributed by atoms with Gasteiger partial charge in [0, 0.05) is 12.1 Å². The van der Waals surface area contributed by atoms with Crippen molar-refractivity contribution in [3.05, 3.63) is 0 Å². The molecule has 1 fully saturated rings. The lowest BCUT2D eigenvalue weighted by Crippen LogP contribution is -2.49. The summed E-state index contributed by atoms with van der Waals surface area (Å²) in [7, 11) is 3.00. The third-order valence-corrected chi connectivity index (χ3v) is 3.77. The minimum Gasteiger partial charge on any atom is -0.298 e. The van der Waals surface area contributed by atoms with Crippen LogP contribution in [0.15, 0.2) is 0 Å². The van der Waals surface area contributed by atoms with Gasteiger partial charge in [0.25, 0.3) is 0 Å². The van der Waals surface area contributed by atoms with Gasteiger partial charge in [0.1, 0.15) is 0 Å². The molecule has 3 unspecified atom stereocenters. The Morgan fingerprint density at radius 2 is 1.85 bits per heavy atom. The van der Waals surface area contributed by atoms with E-state index in [-0.39, 0.29) is 0 Å². The van der Waals surface area contributed by atoms with Crippen molar-refractivity contribution >= 4 is 9.24 Å². The first-order chi connectivity index (χ1) is 6.02. The normalized spacial score (nSPS) is 31.6. The highest BCUT2D eigenvalue weighted by Crippen LogP contribution is 2.28. The van der Waals surface area contributed by atoms with E-state index in [4.69, 9.17) is 0 Å². The summed E-state index contributed by atoms with van der Waals surface area (Å²) in [5, 5.41) is 0. The number of rotatable bonds is 2. The molecule has 78 valence electrons. The topological polar surface area (TPSA) is 3.24 Å². The van der Waals surface area contributed by atoms with Crippen LogP contribution in [-0.4, -0.2) is 29.2 Å². The van der Waals surface area contributed by atoms with Crippen LogP contribution in [-0.2, 0) is 0 Å². The fourth-order valence-electron chi connectivity index (χ4n) is 2.34. The molecular formula is C11H24NP. The van der Waals surface area contributed by atoms with E-state index in [1.165, 1.54) is 19.4 Å². The second-order valence-electron chi connectivity index (χ2n) is 4.93. The number of likely N-dealkylation sites (tertiary alicyclic amines) is 1. The quantitative estimate of drug-likeness (QED) is 0.621. The van der Waals surface area contributed by atoms with E-state index in [1.807, 2.05) is 0 Å². The largest absolute Gasteiger partial charge is 0.298 e. The van der Waals surface area contributed by atoms with Crippen LogP contribution in [0, 0.1) is 5.92 Å². The van der Waals surface area contributed by atoms with E-state index in [9.17, 15) is 0 Å². The van der Waals surface area contributed by atoms with E-state index in [0.717, 1.165) is 17.6 Å². The molecule has 0 spiro atoms. The van der Waals surface area contributed by atoms with Crippen molar-refractivity contribution in [1.29, 1.82) is 0 Å². The molecule has 1 aliphatic rings. The van der Waals surface area contributed by atoms with Crippen LogP contribution < -0.4 is 0 Å². The molecule has 0 aliphatic carbocycles. The van der Waals surface area contributed by atoms with Gasteiger partial charge >= 0.3 is 0 Å². The van der Waals surface area contributed by atoms with Gasteiger partial charge in [-0.15, -0.1) is 9.24 Å². The molecule has 0 N–H and O–H groups in total. The SMILES string of the molecule is CC(C)C1CC(P)CCN1C(C)C. The van der Waals surface area contributed by atoms with Crippen molar-refractivity contribution in [1.82, 2.24) is 4.90 Å². The van der Waals surface area contributed by atoms with E-state index in [1.54, 1.807) is 0 Å². The number of nitrogens with zero attached hydrogens (tertiary/aromatic N) is 1. The van der Waals surface area contributed by atoms with Crippen LogP contribution in [0.25, 0.3) is 0 Å². The highest BCUT2D eigenvalue weighted by Gasteiger charge is 2.29. The Labute approximate surface area is 85.5 Å². The first-order valence-electron chi connectivity index (χ1n) is 5.53. The van der Waals surface area contributed by atoms with Gasteiger partial charge in [-0.2, -0.15) is 0 Å². The summed E-state index contributed by atoms with van der Waals surface area (Å²) in [5.74, 6) is 0.797. The van der Waals surface area contributed by atoms with Gasteiger partial charge in [0.05, 0.1) is 0 Å². The first kappa shape index (κ1) is 11.5. The third kappa shape index (κ3) is 2.92. The molecule has 1 rings (SSSR count). The summed E-state index contributed by atoms with van der Waals surface area (Å²) < 4.78 is 0. The molecule has 1 saturated heterocycles. The van der Waals surface area contributed by atoms with Gasteiger partial charge in [-0.25, -0.2) is 0 Å². The third-order valence-electron chi connectivity index (χ3n) is 3.16. The Kier molecular flexibility index (Phi) is 4.19. The fraction of sp³-hybridized carbons (Fsp3) is 1.00. The molecule has 0 aromatic carbocycles. The van der Waals surface area contributed by atoms with Crippen molar-refractivity contribution in [3.8, 4) is 0 Å². The van der Waals surface area contributed by atoms with E-state index < -0.39 is 0 Å². The molecule has 1 aliphatic heterocycles. The van der Waals surface area contributed by atoms with Gasteiger partial charge in [-0.3, -0.25) is 4.90 Å². The summed E-state index contributed by atoms with van der Waals surface area (Å²) in [5.41, 5.74) is 0.849. The van der Waals surface area contributed by atoms with Crippen LogP contribution in [0.2, 0.25) is 0 Å². The predicted molar refractivity (Wildman–Crippen MR) is 63.2 cm³/mol. The first-order valence-corrected chi connectivity index (χ1v) is 6.20. The van der Waals surface area contributed by atoms with Gasteiger partial charge in [0.2, 0.25) is 0 Å². The van der Waals surface area contributed by atoms with Crippen LogP contribution >= 0.6 is 9.24 Å². The summed E-state index contributed by atoms with van der Waals surface area (Å²) >= 11 is 0. The molecule has 0 saturated carbocycles. The molecule has 0 bridgehead atoms. The number of piperidine rings is 1. The van der Waals surface area contributed by atoms with E-state index in [2.05, 4.69) is 41.8 Å². The highest BCUT2D eigenvalue weighted by atomic mass is 31.0. The van der Waals surface area contributed by atoms with Crippen molar-refractivity contribution < 1.29 is 0 Å². The fourth-order valence-corrected chi connectivity index (χ4v) is 2.77. The Morgan fingerprint density at radius 1 is 1.23 bits per heavy atom. The summed E-state index contributed by atoms with van der Waals surface area (Å²) in [6.07, 6.45) is 2.71. The van der Waals surface area contributed by atoms with Crippen LogP contribution in [0.4, 0.5) is 0 Å². The summed E-state index contributed by atoms with van der Waals surface area (Å²) in [4.78, 5) is 2.67. The average Bonchev–Trinajstić information content (AvgIpc) is 2.03. The molecule has 1 nitrogen and oxygen atoms in total. The Bertz CT molecular complexity index is 156. The monoisotopic (exact) mass is 201 g/mol. The average molecular weight is 201 g/mol. The number of hydrogen-bond acceptors (Lipinski definition) is 1. The Balaban J connectivity index is 2.60. The lowest BCUT2D eigenvalue weighted by molar-refractivity contribution is 0.0835. The zero-order valence-corrected chi connectivity index (χ0v) is 10.6. The van der Waals surface area contributed by atoms with Crippen LogP contribution in [0.1, 0.15) is 40.5 Å². The van der Waals surface area contributed by atoms with Crippen molar-refractivity contribution in [2.24, 2.45) is 5.92 Å². The minimum atomic E-state index is 0.713. The van der Waals surface area contributed by atoms with Crippen molar-refractivity contribution in [2.45, 2.75) is 58.3 Å². The Morgan fingerprint density at radius 3 is 2.31 bits per heavy atom. The summed E-state index contributed by atoms with van der Waals surface area (Å²) in [6.45, 7) is 10.6. The highest BCUT2D eigenvalue weighted by molar-refractivity contribution is 7.17. The molecule has 1 heterocycles. The van der Waals surface area contributed by atoms with Gasteiger partial charge in [0.15, 0.2) is 0 Å². The van der Waals surface area contributed by atoms with Crippen LogP contribution in [0.5, 0.6) is 0 Å². The molecule has 0 amide bonds. The van der Waals surface area contributed by atoms with E-state index >= 15 is 0 Å². The smallest absolute Gasteiger partial charge is 0.0127 e. The molecule has 3 atom stereocenters. The lowest BCUT2D eigenvalue weighted by Gasteiger charge is -2.43. The predicted octanol–water partition coefficient (Wildman–Crippen LogP) is 2.76. The Hall–Kier alpha value is 0.390. The molecule has 13 heavy (non-hydrogen) atoms. The lowest BCUT2D eigenvalue weighted by atomic mass is 9.91. The van der Waals surface area contributed by atoms with Crippen molar-refractivity contribution in [3.63, 3.8) is 0 Å². The maximum atomic E-state index is 3.00. The second kappa shape index (κ2) is 4.75. The second-order valence-corrected chi connectivity index (χ2v) is 5.87. The standard InChI is InChI=1S/C11H24NP/c1-8(2)11-7-10(13)5-6-12(11)9(3)4/h8-11H,5-7,13H2,1-4H3. The summed E-state index contributed by atoms with van der Waals surface area (Å²) in [6, 6.07) is 1.51. The maximum Gasteiger partial charge on any atom is 0.0127 e. The number of hydrogen-bond donors (Lipinski definition) is 0. The van der Waals surface area contributed by atoms with Gasteiger partial charge in [-0.1, -0.05) is 13.8 Å². The van der Waals surface area contributed by atoms with Crippen LogP contribution in [0.3, 0.4) is 0 Å². The molecule has 0 radical (unpaired) electrons. The molecule has 0 aromatic rings. The maximum absolute atomic E-state index is 3.00. The van der Waals surface area contributed by atoms with E-state index in [0.29, 0.717) is 6.04 Å². The van der Waals surface area contributed by atoms with Gasteiger partial charge < -0.3 is 0 Å². The molecular weight excluding hydrogens is 177 g/mol. The minimum absolute atomic E-state index is 0.713. The molecule has 0 aromatic heterocycles. The zero-order valence-electron chi connectivity index (χ0n) is 9.46. The zero-order chi connectivity index (χ0) is 10.0. The molecule has 2 heteroatoms. The van der Waals surface area contributed by atoms with Gasteiger partial charge in [-0.05, 0) is 44.8 Å². The van der Waals surface area contributed by atoms with Crippen molar-refractivity contribution in [2.75, 3.05) is 6.54 Å².